The number of ether oxygens (including phenoxy) is 2. The molecule has 9 heteroatoms. The maximum absolute atomic E-state index is 12.6. The van der Waals surface area contributed by atoms with E-state index in [1.54, 1.807) is 36.4 Å². The highest BCUT2D eigenvalue weighted by Crippen LogP contribution is 2.36. The van der Waals surface area contributed by atoms with Crippen LogP contribution in [0.3, 0.4) is 0 Å². The van der Waals surface area contributed by atoms with E-state index in [9.17, 15) is 19.7 Å². The van der Waals surface area contributed by atoms with E-state index in [-0.39, 0.29) is 29.5 Å². The van der Waals surface area contributed by atoms with Crippen molar-refractivity contribution in [1.29, 1.82) is 0 Å². The van der Waals surface area contributed by atoms with E-state index in [1.807, 2.05) is 13.8 Å². The summed E-state index contributed by atoms with van der Waals surface area (Å²) in [6, 6.07) is 11.2. The molecule has 31 heavy (non-hydrogen) atoms. The van der Waals surface area contributed by atoms with Crippen LogP contribution in [0.25, 0.3) is 6.08 Å². The zero-order chi connectivity index (χ0) is 22.5. The summed E-state index contributed by atoms with van der Waals surface area (Å²) in [7, 11) is 1.50. The van der Waals surface area contributed by atoms with Gasteiger partial charge in [0.1, 0.15) is 6.61 Å². The quantitative estimate of drug-likeness (QED) is 0.322. The molecule has 1 aliphatic heterocycles. The van der Waals surface area contributed by atoms with Crippen molar-refractivity contribution in [3.63, 3.8) is 0 Å². The van der Waals surface area contributed by atoms with Crippen LogP contribution in [0.5, 0.6) is 11.5 Å². The van der Waals surface area contributed by atoms with E-state index in [4.69, 9.17) is 9.47 Å². The van der Waals surface area contributed by atoms with Crippen molar-refractivity contribution in [1.82, 2.24) is 4.90 Å². The molecule has 2 aromatic carbocycles. The van der Waals surface area contributed by atoms with Crippen molar-refractivity contribution < 1.29 is 24.0 Å². The van der Waals surface area contributed by atoms with Gasteiger partial charge in [-0.3, -0.25) is 24.6 Å². The molecule has 0 aromatic heterocycles. The number of carbonyl (C=O) groups excluding carboxylic acids is 2. The van der Waals surface area contributed by atoms with Crippen LogP contribution in [0.1, 0.15) is 31.4 Å². The number of methoxy groups -OCH3 is 1. The van der Waals surface area contributed by atoms with Gasteiger partial charge < -0.3 is 9.47 Å². The molecule has 2 amide bonds. The molecule has 1 atom stereocenters. The lowest BCUT2D eigenvalue weighted by atomic mass is 10.1. The molecule has 0 saturated carbocycles. The molecule has 0 unspecified atom stereocenters. The first kappa shape index (κ1) is 22.4. The van der Waals surface area contributed by atoms with Crippen LogP contribution in [0.4, 0.5) is 10.5 Å². The lowest BCUT2D eigenvalue weighted by Crippen LogP contribution is -2.36. The molecular formula is C22H22N2O6S. The maximum Gasteiger partial charge on any atom is 0.293 e. The number of carbonyl (C=O) groups is 2. The summed E-state index contributed by atoms with van der Waals surface area (Å²) in [4.78, 5) is 36.9. The number of nitro groups is 1. The normalized spacial score (nSPS) is 16.0. The van der Waals surface area contributed by atoms with E-state index in [2.05, 4.69) is 0 Å². The Kier molecular flexibility index (Phi) is 6.96. The van der Waals surface area contributed by atoms with Crippen LogP contribution < -0.4 is 9.47 Å². The first-order valence-corrected chi connectivity index (χ1v) is 10.5. The third kappa shape index (κ3) is 5.05. The second-order valence-electron chi connectivity index (χ2n) is 6.93. The second-order valence-corrected chi connectivity index (χ2v) is 7.93. The molecule has 1 heterocycles. The van der Waals surface area contributed by atoms with Crippen molar-refractivity contribution in [2.75, 3.05) is 7.11 Å². The maximum atomic E-state index is 12.6. The zero-order valence-corrected chi connectivity index (χ0v) is 18.2. The third-order valence-corrected chi connectivity index (χ3v) is 5.74. The number of rotatable bonds is 8. The summed E-state index contributed by atoms with van der Waals surface area (Å²) in [6.45, 7) is 3.90. The first-order chi connectivity index (χ1) is 14.8. The van der Waals surface area contributed by atoms with Crippen LogP contribution in [-0.4, -0.2) is 34.1 Å². The fourth-order valence-electron chi connectivity index (χ4n) is 3.01. The van der Waals surface area contributed by atoms with Crippen molar-refractivity contribution in [3.8, 4) is 11.5 Å². The van der Waals surface area contributed by atoms with Gasteiger partial charge in [-0.1, -0.05) is 25.1 Å². The van der Waals surface area contributed by atoms with Crippen LogP contribution in [0, 0.1) is 10.1 Å². The first-order valence-electron chi connectivity index (χ1n) is 9.65. The molecule has 1 fully saturated rings. The van der Waals surface area contributed by atoms with Gasteiger partial charge in [-0.2, -0.15) is 0 Å². The number of thioether (sulfide) groups is 1. The summed E-state index contributed by atoms with van der Waals surface area (Å²) in [5.41, 5.74) is 1.34. The number of benzene rings is 2. The second kappa shape index (κ2) is 9.65. The molecule has 1 saturated heterocycles. The minimum absolute atomic E-state index is 0.00486. The van der Waals surface area contributed by atoms with E-state index < -0.39 is 4.92 Å². The highest BCUT2D eigenvalue weighted by Gasteiger charge is 2.37. The lowest BCUT2D eigenvalue weighted by Gasteiger charge is -2.19. The fourth-order valence-corrected chi connectivity index (χ4v) is 3.94. The average Bonchev–Trinajstić information content (AvgIpc) is 3.05. The van der Waals surface area contributed by atoms with Gasteiger partial charge in [0.2, 0.25) is 0 Å². The van der Waals surface area contributed by atoms with Crippen LogP contribution >= 0.6 is 11.8 Å². The topological polar surface area (TPSA) is 99.0 Å². The zero-order valence-electron chi connectivity index (χ0n) is 17.4. The Morgan fingerprint density at radius 2 is 1.97 bits per heavy atom. The van der Waals surface area contributed by atoms with Crippen molar-refractivity contribution >= 4 is 34.7 Å². The monoisotopic (exact) mass is 442 g/mol. The Morgan fingerprint density at radius 1 is 1.19 bits per heavy atom. The number of non-ortho nitro benzene ring substituents is 1. The fraction of sp³-hybridized carbons (Fsp3) is 0.273. The molecule has 0 radical (unpaired) electrons. The molecule has 2 aromatic rings. The molecule has 8 nitrogen and oxygen atoms in total. The van der Waals surface area contributed by atoms with Gasteiger partial charge in [0.25, 0.3) is 16.8 Å². The van der Waals surface area contributed by atoms with Crippen LogP contribution in [-0.2, 0) is 11.4 Å². The van der Waals surface area contributed by atoms with Gasteiger partial charge in [-0.05, 0) is 54.4 Å². The summed E-state index contributed by atoms with van der Waals surface area (Å²) >= 11 is 0.921. The SMILES string of the molecule is CC[C@H](C)N1C(=O)S/C(=C/c2ccc(OCc3cccc([N+](=O)[O-])c3)c(OC)c2)C1=O. The Bertz CT molecular complexity index is 1050. The number of amides is 2. The smallest absolute Gasteiger partial charge is 0.293 e. The standard InChI is InChI=1S/C22H22N2O6S/c1-4-14(2)23-21(25)20(31-22(23)26)12-15-8-9-18(19(11-15)29-3)30-13-16-6-5-7-17(10-16)24(27)28/h5-12,14H,4,13H2,1-3H3/b20-12+/t14-/m0/s1. The predicted molar refractivity (Wildman–Crippen MR) is 118 cm³/mol. The highest BCUT2D eigenvalue weighted by atomic mass is 32.2. The van der Waals surface area contributed by atoms with Crippen LogP contribution in [0.2, 0.25) is 0 Å². The van der Waals surface area contributed by atoms with Crippen molar-refractivity contribution in [2.45, 2.75) is 32.9 Å². The van der Waals surface area contributed by atoms with Gasteiger partial charge in [-0.15, -0.1) is 0 Å². The number of nitro benzene ring substituents is 1. The van der Waals surface area contributed by atoms with Gasteiger partial charge in [0.05, 0.1) is 16.9 Å². The van der Waals surface area contributed by atoms with Crippen molar-refractivity contribution in [2.24, 2.45) is 0 Å². The van der Waals surface area contributed by atoms with Gasteiger partial charge >= 0.3 is 0 Å². The van der Waals surface area contributed by atoms with Gasteiger partial charge in [-0.25, -0.2) is 0 Å². The molecule has 0 spiro atoms. The minimum Gasteiger partial charge on any atom is -0.493 e. The van der Waals surface area contributed by atoms with E-state index in [0.29, 0.717) is 34.0 Å². The van der Waals surface area contributed by atoms with Gasteiger partial charge in [0, 0.05) is 18.2 Å². The lowest BCUT2D eigenvalue weighted by molar-refractivity contribution is -0.384. The molecule has 0 bridgehead atoms. The van der Waals surface area contributed by atoms with Gasteiger partial charge in [0.15, 0.2) is 11.5 Å². The molecular weight excluding hydrogens is 420 g/mol. The van der Waals surface area contributed by atoms with E-state index in [0.717, 1.165) is 11.8 Å². The third-order valence-electron chi connectivity index (χ3n) is 4.86. The summed E-state index contributed by atoms with van der Waals surface area (Å²) in [5.74, 6) is 0.605. The number of nitrogens with zero attached hydrogens (tertiary/aromatic N) is 2. The highest BCUT2D eigenvalue weighted by molar-refractivity contribution is 8.18. The minimum atomic E-state index is -0.457. The summed E-state index contributed by atoms with van der Waals surface area (Å²) in [6.07, 6.45) is 2.34. The van der Waals surface area contributed by atoms with E-state index >= 15 is 0 Å². The average molecular weight is 442 g/mol. The number of hydrogen-bond acceptors (Lipinski definition) is 7. The Hall–Kier alpha value is -3.33. The molecule has 1 aliphatic rings. The summed E-state index contributed by atoms with van der Waals surface area (Å²) in [5, 5.41) is 10.6. The Morgan fingerprint density at radius 3 is 2.65 bits per heavy atom. The largest absolute Gasteiger partial charge is 0.493 e. The number of hydrogen-bond donors (Lipinski definition) is 0. The molecule has 0 aliphatic carbocycles. The van der Waals surface area contributed by atoms with E-state index in [1.165, 1.54) is 24.1 Å². The summed E-state index contributed by atoms with van der Waals surface area (Å²) < 4.78 is 11.2. The molecule has 0 N–H and O–H groups in total. The Labute approximate surface area is 184 Å². The molecule has 3 rings (SSSR count). The molecule has 162 valence electrons. The van der Waals surface area contributed by atoms with Crippen molar-refractivity contribution in [3.05, 3.63) is 68.6 Å². The van der Waals surface area contributed by atoms with Crippen LogP contribution in [0.15, 0.2) is 47.4 Å². The number of imide groups is 1. The Balaban J connectivity index is 1.77. The predicted octanol–water partition coefficient (Wildman–Crippen LogP) is 5.02.